The number of benzene rings is 1. The zero-order valence-corrected chi connectivity index (χ0v) is 17.1. The Morgan fingerprint density at radius 2 is 1.90 bits per heavy atom. The maximum Gasteiger partial charge on any atom is 0.410 e. The molecule has 1 N–H and O–H groups in total. The first-order chi connectivity index (χ1) is 14.0. The van der Waals surface area contributed by atoms with Crippen LogP contribution in [0.15, 0.2) is 12.1 Å². The fourth-order valence-electron chi connectivity index (χ4n) is 4.04. The number of hydrogen-bond acceptors (Lipinski definition) is 5. The molecule has 2 heterocycles. The van der Waals surface area contributed by atoms with Crippen molar-refractivity contribution in [2.24, 2.45) is 5.92 Å². The molecule has 30 heavy (non-hydrogen) atoms. The zero-order chi connectivity index (χ0) is 21.8. The lowest BCUT2D eigenvalue weighted by atomic mass is 9.75. The van der Waals surface area contributed by atoms with Crippen molar-refractivity contribution in [2.75, 3.05) is 13.1 Å². The van der Waals surface area contributed by atoms with E-state index >= 15 is 0 Å². The highest BCUT2D eigenvalue weighted by molar-refractivity contribution is 5.96. The molecule has 2 amide bonds. The van der Waals surface area contributed by atoms with Crippen LogP contribution in [0.5, 0.6) is 0 Å². The molecule has 1 aromatic rings. The standard InChI is InChI=1S/C21H24F2N2O5/c1-20(2,3)30-19(28)25-7-6-21(14(10-25)17(26)24-11-4-5-11)13-9-16(23)15(22)8-12(13)18(27)29-21/h8-9,11,14H,4-7,10H2,1-3H3,(H,24,26)/t14?,21-/m0/s1. The second kappa shape index (κ2) is 6.92. The smallest absolute Gasteiger partial charge is 0.410 e. The summed E-state index contributed by atoms with van der Waals surface area (Å²) in [5.74, 6) is -4.46. The van der Waals surface area contributed by atoms with Gasteiger partial charge in [-0.2, -0.15) is 0 Å². The number of piperidine rings is 1. The van der Waals surface area contributed by atoms with E-state index in [0.29, 0.717) is 0 Å². The van der Waals surface area contributed by atoms with Gasteiger partial charge in [0, 0.05) is 31.1 Å². The van der Waals surface area contributed by atoms with Gasteiger partial charge in [-0.15, -0.1) is 0 Å². The number of fused-ring (bicyclic) bond motifs is 2. The lowest BCUT2D eigenvalue weighted by Gasteiger charge is -2.44. The summed E-state index contributed by atoms with van der Waals surface area (Å²) < 4.78 is 38.8. The number of nitrogens with zero attached hydrogens (tertiary/aromatic N) is 1. The molecule has 1 saturated heterocycles. The SMILES string of the molecule is CC(C)(C)OC(=O)N1CC[C@@]2(OC(=O)c3cc(F)c(F)cc32)C(C(=O)NC2CC2)C1. The first kappa shape index (κ1) is 20.6. The van der Waals surface area contributed by atoms with Gasteiger partial charge in [0.05, 0.1) is 11.5 Å². The summed E-state index contributed by atoms with van der Waals surface area (Å²) >= 11 is 0. The molecule has 9 heteroatoms. The monoisotopic (exact) mass is 422 g/mol. The number of carbonyl (C=O) groups is 3. The first-order valence-corrected chi connectivity index (χ1v) is 10.0. The number of rotatable bonds is 2. The number of esters is 1. The Bertz CT molecular complexity index is 925. The van der Waals surface area contributed by atoms with Crippen molar-refractivity contribution in [2.45, 2.75) is 57.3 Å². The number of nitrogens with one attached hydrogen (secondary N) is 1. The summed E-state index contributed by atoms with van der Waals surface area (Å²) in [6.07, 6.45) is 1.17. The molecule has 0 radical (unpaired) electrons. The third-order valence-corrected chi connectivity index (χ3v) is 5.62. The topological polar surface area (TPSA) is 84.9 Å². The third-order valence-electron chi connectivity index (χ3n) is 5.62. The second-order valence-electron chi connectivity index (χ2n) is 9.10. The molecule has 7 nitrogen and oxygen atoms in total. The van der Waals surface area contributed by atoms with Crippen molar-refractivity contribution >= 4 is 18.0 Å². The van der Waals surface area contributed by atoms with E-state index in [4.69, 9.17) is 9.47 Å². The molecule has 1 aliphatic carbocycles. The average Bonchev–Trinajstić information content (AvgIpc) is 3.41. The highest BCUT2D eigenvalue weighted by Gasteiger charge is 2.57. The Morgan fingerprint density at radius 1 is 1.23 bits per heavy atom. The fourth-order valence-corrected chi connectivity index (χ4v) is 4.04. The van der Waals surface area contributed by atoms with Crippen LogP contribution in [0.1, 0.15) is 56.0 Å². The Balaban J connectivity index is 1.70. The largest absolute Gasteiger partial charge is 0.450 e. The predicted octanol–water partition coefficient (Wildman–Crippen LogP) is 2.87. The number of likely N-dealkylation sites (tertiary alicyclic amines) is 1. The Labute approximate surface area is 172 Å². The van der Waals surface area contributed by atoms with Gasteiger partial charge in [0.15, 0.2) is 17.2 Å². The van der Waals surface area contributed by atoms with Gasteiger partial charge in [0.25, 0.3) is 0 Å². The predicted molar refractivity (Wildman–Crippen MR) is 101 cm³/mol. The molecule has 1 saturated carbocycles. The highest BCUT2D eigenvalue weighted by atomic mass is 19.2. The van der Waals surface area contributed by atoms with Crippen LogP contribution in [0, 0.1) is 17.6 Å². The molecule has 2 fully saturated rings. The van der Waals surface area contributed by atoms with E-state index in [1.807, 2.05) is 0 Å². The van der Waals surface area contributed by atoms with E-state index in [9.17, 15) is 23.2 Å². The Morgan fingerprint density at radius 3 is 2.53 bits per heavy atom. The van der Waals surface area contributed by atoms with E-state index < -0.39 is 46.7 Å². The van der Waals surface area contributed by atoms with Crippen molar-refractivity contribution < 1.29 is 32.6 Å². The lowest BCUT2D eigenvalue weighted by Crippen LogP contribution is -2.57. The molecule has 3 aliphatic rings. The van der Waals surface area contributed by atoms with Crippen LogP contribution in [0.25, 0.3) is 0 Å². The van der Waals surface area contributed by atoms with Crippen LogP contribution in [-0.2, 0) is 19.9 Å². The van der Waals surface area contributed by atoms with E-state index in [1.54, 1.807) is 20.8 Å². The van der Waals surface area contributed by atoms with Gasteiger partial charge in [0.2, 0.25) is 5.91 Å². The molecule has 0 aromatic heterocycles. The number of ether oxygens (including phenoxy) is 2. The molecular weight excluding hydrogens is 398 g/mol. The van der Waals surface area contributed by atoms with E-state index in [-0.39, 0.29) is 36.7 Å². The lowest BCUT2D eigenvalue weighted by molar-refractivity contribution is -0.142. The van der Waals surface area contributed by atoms with Crippen LogP contribution in [0.3, 0.4) is 0 Å². The molecule has 2 atom stereocenters. The molecule has 4 rings (SSSR count). The second-order valence-corrected chi connectivity index (χ2v) is 9.10. The van der Waals surface area contributed by atoms with Gasteiger partial charge in [-0.25, -0.2) is 18.4 Å². The summed E-state index contributed by atoms with van der Waals surface area (Å²) in [6, 6.07) is 1.77. The number of amides is 2. The summed E-state index contributed by atoms with van der Waals surface area (Å²) in [5.41, 5.74) is -2.13. The summed E-state index contributed by atoms with van der Waals surface area (Å²) in [6.45, 7) is 5.27. The highest BCUT2D eigenvalue weighted by Crippen LogP contribution is 2.48. The van der Waals surface area contributed by atoms with Gasteiger partial charge in [-0.05, 0) is 45.7 Å². The summed E-state index contributed by atoms with van der Waals surface area (Å²) in [7, 11) is 0. The van der Waals surface area contributed by atoms with Crippen molar-refractivity contribution in [3.05, 3.63) is 34.9 Å². The normalized spacial score (nSPS) is 25.7. The maximum absolute atomic E-state index is 14.1. The summed E-state index contributed by atoms with van der Waals surface area (Å²) in [4.78, 5) is 39.5. The molecule has 0 bridgehead atoms. The van der Waals surface area contributed by atoms with Crippen molar-refractivity contribution in [1.29, 1.82) is 0 Å². The van der Waals surface area contributed by atoms with Crippen LogP contribution in [0.2, 0.25) is 0 Å². The van der Waals surface area contributed by atoms with Gasteiger partial charge < -0.3 is 19.7 Å². The molecule has 2 aliphatic heterocycles. The van der Waals surface area contributed by atoms with E-state index in [0.717, 1.165) is 25.0 Å². The fraction of sp³-hybridized carbons (Fsp3) is 0.571. The average molecular weight is 422 g/mol. The maximum atomic E-state index is 14.1. The van der Waals surface area contributed by atoms with Gasteiger partial charge >= 0.3 is 12.1 Å². The van der Waals surface area contributed by atoms with Crippen molar-refractivity contribution in [3.8, 4) is 0 Å². The van der Waals surface area contributed by atoms with Crippen molar-refractivity contribution in [3.63, 3.8) is 0 Å². The minimum Gasteiger partial charge on any atom is -0.450 e. The minimum atomic E-state index is -1.46. The van der Waals surface area contributed by atoms with Crippen LogP contribution < -0.4 is 5.32 Å². The Hall–Kier alpha value is -2.71. The molecular formula is C21H24F2N2O5. The van der Waals surface area contributed by atoms with Crippen molar-refractivity contribution in [1.82, 2.24) is 10.2 Å². The van der Waals surface area contributed by atoms with E-state index in [2.05, 4.69) is 5.32 Å². The van der Waals surface area contributed by atoms with Crippen LogP contribution in [0.4, 0.5) is 13.6 Å². The minimum absolute atomic E-state index is 0.0352. The first-order valence-electron chi connectivity index (χ1n) is 10.0. The van der Waals surface area contributed by atoms with Crippen LogP contribution >= 0.6 is 0 Å². The zero-order valence-electron chi connectivity index (χ0n) is 17.1. The van der Waals surface area contributed by atoms with E-state index in [1.165, 1.54) is 4.90 Å². The third kappa shape index (κ3) is 3.61. The van der Waals surface area contributed by atoms with Crippen LogP contribution in [-0.4, -0.2) is 47.6 Å². The van der Waals surface area contributed by atoms with Gasteiger partial charge in [-0.3, -0.25) is 4.79 Å². The summed E-state index contributed by atoms with van der Waals surface area (Å²) in [5, 5.41) is 2.88. The Kier molecular flexibility index (Phi) is 4.74. The number of carbonyl (C=O) groups excluding carboxylic acids is 3. The molecule has 1 aromatic carbocycles. The van der Waals surface area contributed by atoms with Gasteiger partial charge in [0.1, 0.15) is 5.60 Å². The molecule has 1 unspecified atom stereocenters. The molecule has 1 spiro atoms. The quantitative estimate of drug-likeness (QED) is 0.741. The number of halogens is 2. The number of hydrogen-bond donors (Lipinski definition) is 1. The van der Waals surface area contributed by atoms with Gasteiger partial charge in [-0.1, -0.05) is 0 Å². The molecule has 162 valence electrons.